The van der Waals surface area contributed by atoms with Crippen LogP contribution in [0, 0.1) is 5.92 Å². The van der Waals surface area contributed by atoms with Crippen molar-refractivity contribution < 1.29 is 13.2 Å². The van der Waals surface area contributed by atoms with Crippen LogP contribution in [0.5, 0.6) is 0 Å². The summed E-state index contributed by atoms with van der Waals surface area (Å²) in [6, 6.07) is 8.68. The minimum absolute atomic E-state index is 0.00937. The van der Waals surface area contributed by atoms with E-state index in [0.717, 1.165) is 52.0 Å². The van der Waals surface area contributed by atoms with E-state index < -0.39 is 17.4 Å². The van der Waals surface area contributed by atoms with Crippen LogP contribution in [-0.4, -0.2) is 40.2 Å². The molecule has 12 heteroatoms. The van der Waals surface area contributed by atoms with Crippen LogP contribution in [0.15, 0.2) is 59.4 Å². The molecule has 0 radical (unpaired) electrons. The second-order valence-corrected chi connectivity index (χ2v) is 12.0. The lowest BCUT2D eigenvalue weighted by atomic mass is 9.72. The topological polar surface area (TPSA) is 73.2 Å². The van der Waals surface area contributed by atoms with Gasteiger partial charge in [-0.2, -0.15) is 13.2 Å². The van der Waals surface area contributed by atoms with Gasteiger partial charge in [0.15, 0.2) is 0 Å². The maximum Gasteiger partial charge on any atom is 0.418 e. The first kappa shape index (κ1) is 26.1. The number of nitrogens with zero attached hydrogens (tertiary/aromatic N) is 7. The molecule has 1 aliphatic heterocycles. The van der Waals surface area contributed by atoms with E-state index in [1.807, 2.05) is 29.8 Å². The van der Waals surface area contributed by atoms with Crippen LogP contribution in [0.2, 0.25) is 0 Å². The van der Waals surface area contributed by atoms with E-state index in [0.29, 0.717) is 36.8 Å². The fourth-order valence-corrected chi connectivity index (χ4v) is 7.01. The Morgan fingerprint density at radius 1 is 1.17 bits per heavy atom. The normalized spacial score (nSPS) is 17.1. The second kappa shape index (κ2) is 9.95. The Bertz CT molecular complexity index is 1800. The lowest BCUT2D eigenvalue weighted by Crippen LogP contribution is -2.30. The van der Waals surface area contributed by atoms with Crippen molar-refractivity contribution in [3.8, 4) is 5.69 Å². The fourth-order valence-electron chi connectivity index (χ4n) is 6.16. The number of pyridine rings is 1. The smallest absolute Gasteiger partial charge is 0.320 e. The molecule has 0 spiro atoms. The molecule has 0 saturated heterocycles. The Hall–Kier alpha value is -3.77. The minimum atomic E-state index is -4.62. The molecule has 4 aromatic heterocycles. The summed E-state index contributed by atoms with van der Waals surface area (Å²) in [6.45, 7) is 1.65. The molecular weight excluding hydrogens is 551 g/mol. The van der Waals surface area contributed by atoms with E-state index in [9.17, 15) is 18.0 Å². The molecule has 1 saturated carbocycles. The maximum absolute atomic E-state index is 14.3. The minimum Gasteiger partial charge on any atom is -0.320 e. The third kappa shape index (κ3) is 4.68. The Morgan fingerprint density at radius 2 is 2.02 bits per heavy atom. The molecule has 0 amide bonds. The van der Waals surface area contributed by atoms with Gasteiger partial charge in [0, 0.05) is 56.3 Å². The molecule has 1 fully saturated rings. The van der Waals surface area contributed by atoms with Crippen LogP contribution >= 0.6 is 11.3 Å². The van der Waals surface area contributed by atoms with E-state index in [1.54, 1.807) is 35.4 Å². The van der Waals surface area contributed by atoms with E-state index in [1.165, 1.54) is 16.8 Å². The van der Waals surface area contributed by atoms with Crippen molar-refractivity contribution in [3.63, 3.8) is 0 Å². The lowest BCUT2D eigenvalue weighted by molar-refractivity contribution is -0.136. The first-order valence-electron chi connectivity index (χ1n) is 13.7. The van der Waals surface area contributed by atoms with E-state index in [-0.39, 0.29) is 11.4 Å². The van der Waals surface area contributed by atoms with Gasteiger partial charge in [-0.15, -0.1) is 21.5 Å². The number of thiazole rings is 1. The van der Waals surface area contributed by atoms with E-state index >= 15 is 0 Å². The predicted molar refractivity (Wildman–Crippen MR) is 148 cm³/mol. The Labute approximate surface area is 237 Å². The number of hydrogen-bond acceptors (Lipinski definition) is 6. The van der Waals surface area contributed by atoms with Gasteiger partial charge in [-0.05, 0) is 48.1 Å². The highest BCUT2D eigenvalue weighted by molar-refractivity contribution is 7.09. The van der Waals surface area contributed by atoms with Gasteiger partial charge in [0.2, 0.25) is 0 Å². The number of alkyl halides is 3. The molecular formula is C29H28F3N7OS. The van der Waals surface area contributed by atoms with Crippen LogP contribution in [0.4, 0.5) is 13.2 Å². The van der Waals surface area contributed by atoms with Gasteiger partial charge in [-0.1, -0.05) is 18.6 Å². The molecule has 212 valence electrons. The van der Waals surface area contributed by atoms with Gasteiger partial charge in [-0.25, -0.2) is 9.78 Å². The third-order valence-electron chi connectivity index (χ3n) is 8.45. The van der Waals surface area contributed by atoms with Gasteiger partial charge in [-0.3, -0.25) is 13.9 Å². The molecule has 0 N–H and O–H groups in total. The molecule has 2 aliphatic rings. The van der Waals surface area contributed by atoms with Crippen molar-refractivity contribution in [3.05, 3.63) is 98.1 Å². The summed E-state index contributed by atoms with van der Waals surface area (Å²) in [5, 5.41) is 8.43. The quantitative estimate of drug-likeness (QED) is 0.277. The molecule has 5 aromatic rings. The molecule has 8 nitrogen and oxygen atoms in total. The number of rotatable bonds is 6. The first-order chi connectivity index (χ1) is 19.8. The summed E-state index contributed by atoms with van der Waals surface area (Å²) >= 11 is 1.56. The highest BCUT2D eigenvalue weighted by Crippen LogP contribution is 2.43. The summed E-state index contributed by atoms with van der Waals surface area (Å²) < 4.78 is 47.3. The van der Waals surface area contributed by atoms with Gasteiger partial charge in [0.25, 0.3) is 0 Å². The van der Waals surface area contributed by atoms with Gasteiger partial charge < -0.3 is 4.57 Å². The van der Waals surface area contributed by atoms with Crippen molar-refractivity contribution in [2.75, 3.05) is 6.54 Å². The summed E-state index contributed by atoms with van der Waals surface area (Å²) in [5.41, 5.74) is 3.28. The van der Waals surface area contributed by atoms with Crippen molar-refractivity contribution >= 4 is 16.9 Å². The molecule has 1 aromatic carbocycles. The summed E-state index contributed by atoms with van der Waals surface area (Å²) in [6.07, 6.45) is 3.95. The maximum atomic E-state index is 14.3. The standard InChI is InChI=1S/C29H28F3N7OS/c1-36-16-34-35-27(36)26(19-4-2-5-19)20-6-3-7-21(11-20)38-14-24-22(29(30,31)32)10-18(13-39(24)28(38)40)12-37-9-8-23-25(15-37)41-17-33-23/h3,6-7,10-11,13-14,16-17,19,26H,2,4-5,8-9,12,15H2,1H3/t26-/m1/s1. The van der Waals surface area contributed by atoms with E-state index in [4.69, 9.17) is 0 Å². The van der Waals surface area contributed by atoms with Gasteiger partial charge in [0.1, 0.15) is 12.2 Å². The van der Waals surface area contributed by atoms with E-state index in [2.05, 4.69) is 20.1 Å². The molecule has 1 atom stereocenters. The van der Waals surface area contributed by atoms with Crippen LogP contribution in [0.3, 0.4) is 0 Å². The van der Waals surface area contributed by atoms with Crippen molar-refractivity contribution in [1.82, 2.24) is 33.6 Å². The number of fused-ring (bicyclic) bond motifs is 2. The zero-order valence-electron chi connectivity index (χ0n) is 22.4. The molecule has 1 aliphatic carbocycles. The SMILES string of the molecule is Cn1cnnc1[C@@H](c1cccc(-n2cc3c(C(F)(F)F)cc(CN4CCc5ncsc5C4)cn3c2=O)c1)C1CCC1. The largest absolute Gasteiger partial charge is 0.418 e. The zero-order valence-corrected chi connectivity index (χ0v) is 23.2. The average Bonchev–Trinajstić information content (AvgIpc) is 3.64. The summed E-state index contributed by atoms with van der Waals surface area (Å²) in [5.74, 6) is 1.23. The van der Waals surface area contributed by atoms with Crippen LogP contribution in [-0.2, 0) is 32.7 Å². The summed E-state index contributed by atoms with van der Waals surface area (Å²) in [4.78, 5) is 21.3. The van der Waals surface area contributed by atoms with Crippen LogP contribution in [0.1, 0.15) is 58.3 Å². The number of benzene rings is 1. The molecule has 0 bridgehead atoms. The Balaban J connectivity index is 1.28. The highest BCUT2D eigenvalue weighted by atomic mass is 32.1. The Kier molecular flexibility index (Phi) is 6.35. The van der Waals surface area contributed by atoms with Crippen molar-refractivity contribution in [1.29, 1.82) is 0 Å². The first-order valence-corrected chi connectivity index (χ1v) is 14.6. The molecule has 41 heavy (non-hydrogen) atoms. The predicted octanol–water partition coefficient (Wildman–Crippen LogP) is 5.18. The molecule has 5 heterocycles. The number of halogens is 3. The third-order valence-corrected chi connectivity index (χ3v) is 9.31. The van der Waals surface area contributed by atoms with Gasteiger partial charge >= 0.3 is 11.9 Å². The summed E-state index contributed by atoms with van der Waals surface area (Å²) in [7, 11) is 1.91. The second-order valence-electron chi connectivity index (χ2n) is 11.0. The van der Waals surface area contributed by atoms with Crippen molar-refractivity contribution in [2.45, 2.75) is 50.9 Å². The number of imidazole rings is 1. The molecule has 7 rings (SSSR count). The average molecular weight is 580 g/mol. The van der Waals surface area contributed by atoms with Crippen molar-refractivity contribution in [2.24, 2.45) is 13.0 Å². The monoisotopic (exact) mass is 579 g/mol. The zero-order chi connectivity index (χ0) is 28.3. The molecule has 0 unspecified atom stereocenters. The van der Waals surface area contributed by atoms with Gasteiger partial charge in [0.05, 0.1) is 28.0 Å². The van der Waals surface area contributed by atoms with Crippen LogP contribution in [0.25, 0.3) is 11.2 Å². The number of hydrogen-bond donors (Lipinski definition) is 0. The number of aryl methyl sites for hydroxylation is 1. The Morgan fingerprint density at radius 3 is 2.76 bits per heavy atom. The number of aromatic nitrogens is 6. The highest BCUT2D eigenvalue weighted by Gasteiger charge is 2.35. The lowest BCUT2D eigenvalue weighted by Gasteiger charge is -2.33. The fraction of sp³-hybridized carbons (Fsp3) is 0.379. The van der Waals surface area contributed by atoms with Crippen LogP contribution < -0.4 is 5.69 Å².